The third kappa shape index (κ3) is 2.81. The molecule has 30 heavy (non-hydrogen) atoms. The molecular weight excluding hydrogens is 384 g/mol. The fraction of sp³-hybridized carbons (Fsp3) is 0.455. The normalized spacial score (nSPS) is 24.7. The van der Waals surface area contributed by atoms with Crippen molar-refractivity contribution in [2.24, 2.45) is 0 Å². The summed E-state index contributed by atoms with van der Waals surface area (Å²) in [7, 11) is 3.28. The smallest absolute Gasteiger partial charge is 0.337 e. The van der Waals surface area contributed by atoms with Gasteiger partial charge in [0, 0.05) is 30.6 Å². The van der Waals surface area contributed by atoms with Gasteiger partial charge in [-0.2, -0.15) is 0 Å². The number of piperazine rings is 1. The molecule has 2 aromatic rings. The lowest BCUT2D eigenvalue weighted by molar-refractivity contribution is -0.152. The SMILES string of the molecule is COc1cc2c(c(OC)c1)C1C3CCCC(C(=O)N1CC2)N3C(=O)Nn1cccc1. The molecule has 2 bridgehead atoms. The average molecular weight is 410 g/mol. The largest absolute Gasteiger partial charge is 0.497 e. The number of methoxy groups -OCH3 is 2. The van der Waals surface area contributed by atoms with E-state index in [9.17, 15) is 9.59 Å². The van der Waals surface area contributed by atoms with Gasteiger partial charge >= 0.3 is 6.03 Å². The summed E-state index contributed by atoms with van der Waals surface area (Å²) in [5, 5.41) is 0. The first kappa shape index (κ1) is 18.8. The van der Waals surface area contributed by atoms with E-state index in [1.54, 1.807) is 36.2 Å². The van der Waals surface area contributed by atoms with Gasteiger partial charge in [0.1, 0.15) is 17.5 Å². The summed E-state index contributed by atoms with van der Waals surface area (Å²) in [5.41, 5.74) is 5.01. The molecule has 3 unspecified atom stereocenters. The third-order valence-electron chi connectivity index (χ3n) is 6.58. The van der Waals surface area contributed by atoms with Crippen LogP contribution in [0.25, 0.3) is 0 Å². The van der Waals surface area contributed by atoms with E-state index in [4.69, 9.17) is 9.47 Å². The molecule has 8 heteroatoms. The Morgan fingerprint density at radius 3 is 2.67 bits per heavy atom. The van der Waals surface area contributed by atoms with Gasteiger partial charge in [-0.3, -0.25) is 9.47 Å². The zero-order valence-electron chi connectivity index (χ0n) is 17.2. The molecular formula is C22H26N4O4. The second-order valence-electron chi connectivity index (χ2n) is 8.06. The van der Waals surface area contributed by atoms with Gasteiger partial charge < -0.3 is 19.3 Å². The molecule has 1 aromatic carbocycles. The van der Waals surface area contributed by atoms with Crippen LogP contribution in [-0.2, 0) is 11.2 Å². The third-order valence-corrected chi connectivity index (χ3v) is 6.58. The van der Waals surface area contributed by atoms with E-state index in [0.717, 1.165) is 36.1 Å². The first-order chi connectivity index (χ1) is 14.6. The Hall–Kier alpha value is -3.16. The maximum atomic E-state index is 13.5. The molecule has 0 spiro atoms. The van der Waals surface area contributed by atoms with E-state index in [1.807, 2.05) is 29.2 Å². The highest BCUT2D eigenvalue weighted by Gasteiger charge is 2.53. The number of urea groups is 1. The molecule has 4 heterocycles. The quantitative estimate of drug-likeness (QED) is 0.844. The van der Waals surface area contributed by atoms with Crippen LogP contribution in [-0.4, -0.2) is 59.3 Å². The molecule has 2 saturated heterocycles. The van der Waals surface area contributed by atoms with Crippen molar-refractivity contribution < 1.29 is 19.1 Å². The maximum absolute atomic E-state index is 13.5. The number of ether oxygens (including phenoxy) is 2. The van der Waals surface area contributed by atoms with Crippen molar-refractivity contribution in [3.63, 3.8) is 0 Å². The number of fused-ring (bicyclic) bond motifs is 6. The van der Waals surface area contributed by atoms with E-state index in [2.05, 4.69) is 5.43 Å². The second-order valence-corrected chi connectivity index (χ2v) is 8.06. The fourth-order valence-electron chi connectivity index (χ4n) is 5.31. The maximum Gasteiger partial charge on any atom is 0.337 e. The fourth-order valence-corrected chi connectivity index (χ4v) is 5.31. The number of benzene rings is 1. The first-order valence-electron chi connectivity index (χ1n) is 10.4. The molecule has 3 atom stereocenters. The van der Waals surface area contributed by atoms with Crippen LogP contribution in [0.2, 0.25) is 0 Å². The minimum Gasteiger partial charge on any atom is -0.497 e. The standard InChI is InChI=1S/C22H26N4O4/c1-29-15-12-14-8-11-25-20(19(14)18(13-15)30-2)16-6-5-7-17(21(25)27)26(16)22(28)23-24-9-3-4-10-24/h3-4,9-10,12-13,16-17,20H,5-8,11H2,1-2H3,(H,23,28). The van der Waals surface area contributed by atoms with Crippen molar-refractivity contribution in [1.29, 1.82) is 0 Å². The number of hydrogen-bond donors (Lipinski definition) is 1. The predicted molar refractivity (Wildman–Crippen MR) is 110 cm³/mol. The Kier molecular flexibility index (Phi) is 4.56. The molecule has 0 saturated carbocycles. The number of carbonyl (C=O) groups is 2. The lowest BCUT2D eigenvalue weighted by Gasteiger charge is -2.55. The monoisotopic (exact) mass is 410 g/mol. The van der Waals surface area contributed by atoms with E-state index in [-0.39, 0.29) is 24.0 Å². The van der Waals surface area contributed by atoms with Crippen molar-refractivity contribution in [2.75, 3.05) is 26.2 Å². The predicted octanol–water partition coefficient (Wildman–Crippen LogP) is 2.53. The van der Waals surface area contributed by atoms with Crippen LogP contribution in [0.4, 0.5) is 4.79 Å². The molecule has 0 radical (unpaired) electrons. The Balaban J connectivity index is 1.57. The van der Waals surface area contributed by atoms with Gasteiger partial charge in [-0.15, -0.1) is 0 Å². The molecule has 5 rings (SSSR count). The summed E-state index contributed by atoms with van der Waals surface area (Å²) in [6, 6.07) is 6.62. The van der Waals surface area contributed by atoms with Gasteiger partial charge in [-0.25, -0.2) is 10.2 Å². The van der Waals surface area contributed by atoms with Crippen LogP contribution in [0, 0.1) is 0 Å². The van der Waals surface area contributed by atoms with Gasteiger partial charge in [-0.1, -0.05) is 0 Å². The lowest BCUT2D eigenvalue weighted by atomic mass is 9.78. The van der Waals surface area contributed by atoms with E-state index < -0.39 is 6.04 Å². The summed E-state index contributed by atoms with van der Waals surface area (Å²) in [5.74, 6) is 1.48. The molecule has 3 amide bonds. The Labute approximate surface area is 175 Å². The highest BCUT2D eigenvalue weighted by atomic mass is 16.5. The van der Waals surface area contributed by atoms with Crippen LogP contribution in [0.3, 0.4) is 0 Å². The van der Waals surface area contributed by atoms with Crippen molar-refractivity contribution in [1.82, 2.24) is 14.5 Å². The van der Waals surface area contributed by atoms with Crippen molar-refractivity contribution >= 4 is 11.9 Å². The van der Waals surface area contributed by atoms with Crippen molar-refractivity contribution in [2.45, 2.75) is 43.8 Å². The minimum absolute atomic E-state index is 0.0297. The minimum atomic E-state index is -0.415. The van der Waals surface area contributed by atoms with Crippen LogP contribution in [0.5, 0.6) is 11.5 Å². The average Bonchev–Trinajstić information content (AvgIpc) is 3.28. The van der Waals surface area contributed by atoms with E-state index in [0.29, 0.717) is 18.7 Å². The molecule has 1 N–H and O–H groups in total. The van der Waals surface area contributed by atoms with Gasteiger partial charge in [0.25, 0.3) is 0 Å². The Morgan fingerprint density at radius 1 is 1.13 bits per heavy atom. The summed E-state index contributed by atoms with van der Waals surface area (Å²) in [6.07, 6.45) is 6.77. The first-order valence-corrected chi connectivity index (χ1v) is 10.4. The number of carbonyl (C=O) groups excluding carboxylic acids is 2. The van der Waals surface area contributed by atoms with Gasteiger partial charge in [0.05, 0.1) is 26.3 Å². The summed E-state index contributed by atoms with van der Waals surface area (Å²) in [6.45, 7) is 0.646. The second kappa shape index (κ2) is 7.27. The number of piperidine rings is 1. The topological polar surface area (TPSA) is 76.0 Å². The number of aromatic nitrogens is 1. The molecule has 158 valence electrons. The molecule has 0 aliphatic carbocycles. The molecule has 3 aliphatic heterocycles. The number of rotatable bonds is 3. The highest BCUT2D eigenvalue weighted by molar-refractivity contribution is 5.92. The van der Waals surface area contributed by atoms with Crippen LogP contribution < -0.4 is 14.9 Å². The van der Waals surface area contributed by atoms with Gasteiger partial charge in [-0.05, 0) is 49.4 Å². The number of nitrogens with zero attached hydrogens (tertiary/aromatic N) is 3. The van der Waals surface area contributed by atoms with Crippen LogP contribution in [0.15, 0.2) is 36.7 Å². The molecule has 2 fully saturated rings. The summed E-state index contributed by atoms with van der Waals surface area (Å²) in [4.78, 5) is 30.4. The van der Waals surface area contributed by atoms with Crippen LogP contribution in [0.1, 0.15) is 36.4 Å². The van der Waals surface area contributed by atoms with Crippen molar-refractivity contribution in [3.8, 4) is 11.5 Å². The van der Waals surface area contributed by atoms with E-state index in [1.165, 1.54) is 0 Å². The summed E-state index contributed by atoms with van der Waals surface area (Å²) < 4.78 is 12.8. The lowest BCUT2D eigenvalue weighted by Crippen LogP contribution is -2.68. The number of hydrogen-bond acceptors (Lipinski definition) is 4. The van der Waals surface area contributed by atoms with Crippen molar-refractivity contribution in [3.05, 3.63) is 47.8 Å². The Morgan fingerprint density at radius 2 is 1.93 bits per heavy atom. The zero-order valence-corrected chi connectivity index (χ0v) is 17.2. The number of nitrogens with one attached hydrogen (secondary N) is 1. The van der Waals surface area contributed by atoms with E-state index >= 15 is 0 Å². The van der Waals surface area contributed by atoms with Crippen LogP contribution >= 0.6 is 0 Å². The highest BCUT2D eigenvalue weighted by Crippen LogP contribution is 2.48. The summed E-state index contributed by atoms with van der Waals surface area (Å²) >= 11 is 0. The van der Waals surface area contributed by atoms with Gasteiger partial charge in [0.2, 0.25) is 5.91 Å². The Bertz CT molecular complexity index is 957. The molecule has 3 aliphatic rings. The zero-order chi connectivity index (χ0) is 20.8. The number of amides is 3. The molecule has 8 nitrogen and oxygen atoms in total. The molecule has 1 aromatic heterocycles. The van der Waals surface area contributed by atoms with Gasteiger partial charge in [0.15, 0.2) is 0 Å².